The van der Waals surface area contributed by atoms with Crippen LogP contribution in [0.3, 0.4) is 0 Å². The maximum absolute atomic E-state index is 12.3. The summed E-state index contributed by atoms with van der Waals surface area (Å²) < 4.78 is 5.22. The van der Waals surface area contributed by atoms with Crippen molar-refractivity contribution in [3.8, 4) is 5.75 Å². The standard InChI is InChI=1S/C15H21NO4/c1-15(2,10-14(18)19)9-13(17)16(3)11-7-5-6-8-12(11)20-4/h5-8H,9-10H2,1-4H3,(H,18,19). The maximum Gasteiger partial charge on any atom is 0.303 e. The summed E-state index contributed by atoms with van der Waals surface area (Å²) in [5, 5.41) is 8.85. The lowest BCUT2D eigenvalue weighted by Crippen LogP contribution is -2.32. The van der Waals surface area contributed by atoms with Crippen LogP contribution in [0.5, 0.6) is 5.75 Å². The van der Waals surface area contributed by atoms with Crippen molar-refractivity contribution >= 4 is 17.6 Å². The Kier molecular flexibility index (Phi) is 5.13. The summed E-state index contributed by atoms with van der Waals surface area (Å²) in [5.74, 6) is -0.428. The molecule has 0 atom stereocenters. The van der Waals surface area contributed by atoms with Gasteiger partial charge in [-0.3, -0.25) is 9.59 Å². The minimum atomic E-state index is -0.900. The Bertz CT molecular complexity index is 496. The topological polar surface area (TPSA) is 66.8 Å². The predicted octanol–water partition coefficient (Wildman–Crippen LogP) is 2.55. The van der Waals surface area contributed by atoms with E-state index in [1.54, 1.807) is 40.1 Å². The summed E-state index contributed by atoms with van der Waals surface area (Å²) in [6.45, 7) is 3.55. The van der Waals surface area contributed by atoms with E-state index in [0.29, 0.717) is 11.4 Å². The number of anilines is 1. The third-order valence-electron chi connectivity index (χ3n) is 3.08. The van der Waals surface area contributed by atoms with Gasteiger partial charge in [-0.1, -0.05) is 26.0 Å². The van der Waals surface area contributed by atoms with Crippen LogP contribution in [0.4, 0.5) is 5.69 Å². The summed E-state index contributed by atoms with van der Waals surface area (Å²) in [4.78, 5) is 24.6. The largest absolute Gasteiger partial charge is 0.495 e. The van der Waals surface area contributed by atoms with Crippen molar-refractivity contribution in [1.82, 2.24) is 0 Å². The number of carboxylic acid groups (broad SMARTS) is 1. The molecule has 0 unspecified atom stereocenters. The Morgan fingerprint density at radius 3 is 2.40 bits per heavy atom. The normalized spacial score (nSPS) is 11.0. The zero-order valence-electron chi connectivity index (χ0n) is 12.3. The molecule has 1 rings (SSSR count). The second kappa shape index (κ2) is 6.41. The van der Waals surface area contributed by atoms with E-state index < -0.39 is 11.4 Å². The van der Waals surface area contributed by atoms with Gasteiger partial charge in [0.05, 0.1) is 19.2 Å². The van der Waals surface area contributed by atoms with Crippen molar-refractivity contribution in [2.75, 3.05) is 19.1 Å². The molecule has 5 nitrogen and oxygen atoms in total. The molecule has 0 saturated heterocycles. The van der Waals surface area contributed by atoms with Crippen LogP contribution in [-0.2, 0) is 9.59 Å². The second-order valence-electron chi connectivity index (χ2n) is 5.54. The number of nitrogens with zero attached hydrogens (tertiary/aromatic N) is 1. The number of rotatable bonds is 6. The number of benzene rings is 1. The van der Waals surface area contributed by atoms with Crippen LogP contribution in [0.1, 0.15) is 26.7 Å². The molecule has 110 valence electrons. The zero-order valence-corrected chi connectivity index (χ0v) is 12.3. The van der Waals surface area contributed by atoms with Crippen LogP contribution in [0.25, 0.3) is 0 Å². The van der Waals surface area contributed by atoms with E-state index in [1.165, 1.54) is 4.90 Å². The monoisotopic (exact) mass is 279 g/mol. The number of hydrogen-bond donors (Lipinski definition) is 1. The van der Waals surface area contributed by atoms with Gasteiger partial charge >= 0.3 is 5.97 Å². The molecular formula is C15H21NO4. The first-order chi connectivity index (χ1) is 9.26. The smallest absolute Gasteiger partial charge is 0.303 e. The molecule has 0 saturated carbocycles. The fourth-order valence-electron chi connectivity index (χ4n) is 2.04. The summed E-state index contributed by atoms with van der Waals surface area (Å²) in [6.07, 6.45) is 0.117. The molecule has 5 heteroatoms. The van der Waals surface area contributed by atoms with Crippen LogP contribution in [0.2, 0.25) is 0 Å². The van der Waals surface area contributed by atoms with Crippen molar-refractivity contribution in [1.29, 1.82) is 0 Å². The van der Waals surface area contributed by atoms with Gasteiger partial charge in [0, 0.05) is 13.5 Å². The second-order valence-corrected chi connectivity index (χ2v) is 5.54. The predicted molar refractivity (Wildman–Crippen MR) is 77.1 cm³/mol. The Morgan fingerprint density at radius 2 is 1.85 bits per heavy atom. The summed E-state index contributed by atoms with van der Waals surface area (Å²) in [5.41, 5.74) is 0.0882. The average molecular weight is 279 g/mol. The van der Waals surface area contributed by atoms with Gasteiger partial charge in [-0.25, -0.2) is 0 Å². The van der Waals surface area contributed by atoms with Crippen LogP contribution >= 0.6 is 0 Å². The lowest BCUT2D eigenvalue weighted by atomic mass is 9.85. The van der Waals surface area contributed by atoms with E-state index >= 15 is 0 Å². The van der Waals surface area contributed by atoms with Gasteiger partial charge in [-0.05, 0) is 17.5 Å². The van der Waals surface area contributed by atoms with Gasteiger partial charge in [0.1, 0.15) is 5.75 Å². The first-order valence-electron chi connectivity index (χ1n) is 6.38. The number of carbonyl (C=O) groups is 2. The summed E-state index contributed by atoms with van der Waals surface area (Å²) in [7, 11) is 3.21. The molecule has 0 heterocycles. The molecule has 0 radical (unpaired) electrons. The van der Waals surface area contributed by atoms with E-state index in [-0.39, 0.29) is 18.7 Å². The number of para-hydroxylation sites is 2. The molecule has 0 fully saturated rings. The number of carboxylic acids is 1. The average Bonchev–Trinajstić information content (AvgIpc) is 2.35. The highest BCUT2D eigenvalue weighted by molar-refractivity contribution is 5.94. The zero-order chi connectivity index (χ0) is 15.3. The SMILES string of the molecule is COc1ccccc1N(C)C(=O)CC(C)(C)CC(=O)O. The van der Waals surface area contributed by atoms with Crippen molar-refractivity contribution in [3.05, 3.63) is 24.3 Å². The third-order valence-corrected chi connectivity index (χ3v) is 3.08. The highest BCUT2D eigenvalue weighted by Gasteiger charge is 2.27. The van der Waals surface area contributed by atoms with Crippen LogP contribution in [0, 0.1) is 5.41 Å². The molecule has 1 N–H and O–H groups in total. The molecule has 1 aromatic rings. The highest BCUT2D eigenvalue weighted by Crippen LogP contribution is 2.30. The van der Waals surface area contributed by atoms with Gasteiger partial charge in [0.15, 0.2) is 0 Å². The molecule has 1 aromatic carbocycles. The Morgan fingerprint density at radius 1 is 1.25 bits per heavy atom. The Hall–Kier alpha value is -2.04. The van der Waals surface area contributed by atoms with Gasteiger partial charge in [-0.15, -0.1) is 0 Å². The highest BCUT2D eigenvalue weighted by atomic mass is 16.5. The van der Waals surface area contributed by atoms with Gasteiger partial charge in [0.2, 0.25) is 5.91 Å². The Balaban J connectivity index is 2.84. The number of methoxy groups -OCH3 is 1. The third kappa shape index (κ3) is 4.26. The van der Waals surface area contributed by atoms with Crippen LogP contribution in [-0.4, -0.2) is 31.1 Å². The van der Waals surface area contributed by atoms with E-state index in [4.69, 9.17) is 9.84 Å². The van der Waals surface area contributed by atoms with Gasteiger partial charge in [0.25, 0.3) is 0 Å². The van der Waals surface area contributed by atoms with E-state index in [2.05, 4.69) is 0 Å². The number of amides is 1. The maximum atomic E-state index is 12.3. The fourth-order valence-corrected chi connectivity index (χ4v) is 2.04. The lowest BCUT2D eigenvalue weighted by Gasteiger charge is -2.26. The van der Waals surface area contributed by atoms with E-state index in [1.807, 2.05) is 12.1 Å². The molecule has 0 aliphatic rings. The summed E-state index contributed by atoms with van der Waals surface area (Å²) in [6, 6.07) is 7.22. The first-order valence-corrected chi connectivity index (χ1v) is 6.38. The molecule has 0 bridgehead atoms. The molecule has 0 aliphatic heterocycles. The fraction of sp³-hybridized carbons (Fsp3) is 0.467. The van der Waals surface area contributed by atoms with Crippen molar-refractivity contribution in [2.45, 2.75) is 26.7 Å². The van der Waals surface area contributed by atoms with Crippen LogP contribution < -0.4 is 9.64 Å². The van der Waals surface area contributed by atoms with E-state index in [9.17, 15) is 9.59 Å². The first kappa shape index (κ1) is 16.0. The molecule has 0 aliphatic carbocycles. The van der Waals surface area contributed by atoms with Gasteiger partial charge in [-0.2, -0.15) is 0 Å². The van der Waals surface area contributed by atoms with Crippen molar-refractivity contribution < 1.29 is 19.4 Å². The quantitative estimate of drug-likeness (QED) is 0.869. The minimum Gasteiger partial charge on any atom is -0.495 e. The lowest BCUT2D eigenvalue weighted by molar-refractivity contribution is -0.139. The molecule has 0 spiro atoms. The van der Waals surface area contributed by atoms with Crippen molar-refractivity contribution in [3.63, 3.8) is 0 Å². The molecule has 20 heavy (non-hydrogen) atoms. The molecule has 0 aromatic heterocycles. The van der Waals surface area contributed by atoms with Crippen LogP contribution in [0.15, 0.2) is 24.3 Å². The molecular weight excluding hydrogens is 258 g/mol. The Labute approximate surface area is 119 Å². The number of hydrogen-bond acceptors (Lipinski definition) is 3. The van der Waals surface area contributed by atoms with Crippen molar-refractivity contribution in [2.24, 2.45) is 5.41 Å². The summed E-state index contributed by atoms with van der Waals surface area (Å²) >= 11 is 0. The number of ether oxygens (including phenoxy) is 1. The van der Waals surface area contributed by atoms with Gasteiger partial charge < -0.3 is 14.7 Å². The van der Waals surface area contributed by atoms with E-state index in [0.717, 1.165) is 0 Å². The number of carbonyl (C=O) groups excluding carboxylic acids is 1. The minimum absolute atomic E-state index is 0.0432. The number of aliphatic carboxylic acids is 1. The molecule has 1 amide bonds.